The fourth-order valence-electron chi connectivity index (χ4n) is 3.01. The summed E-state index contributed by atoms with van der Waals surface area (Å²) in [6.45, 7) is 1.48. The average molecular weight is 372 g/mol. The highest BCUT2D eigenvalue weighted by Crippen LogP contribution is 2.19. The van der Waals surface area contributed by atoms with Crippen LogP contribution < -0.4 is 16.8 Å². The predicted octanol–water partition coefficient (Wildman–Crippen LogP) is 2.70. The second-order valence-electron chi connectivity index (χ2n) is 6.41. The Morgan fingerprint density at radius 1 is 1.15 bits per heavy atom. The van der Waals surface area contributed by atoms with Crippen molar-refractivity contribution in [3.63, 3.8) is 0 Å². The lowest BCUT2D eigenvalue weighted by Gasteiger charge is -2.14. The van der Waals surface area contributed by atoms with Crippen LogP contribution in [0.1, 0.15) is 28.4 Å². The van der Waals surface area contributed by atoms with E-state index in [0.717, 1.165) is 36.0 Å². The zero-order valence-electron chi connectivity index (χ0n) is 14.8. The standard InChI is InChI=1S/C20H22F2N4O/c21-15-3-4-16(17(22)11-15)18(24)12-25-20(27)14-2-5-19-13(10-14)6-9-26(19)8-1-7-23/h2-6,9-11,18H,1,7-8,12,23-24H2,(H,25,27). The first-order valence-electron chi connectivity index (χ1n) is 8.77. The fourth-order valence-corrected chi connectivity index (χ4v) is 3.01. The molecule has 0 radical (unpaired) electrons. The molecule has 0 aliphatic heterocycles. The molecule has 1 unspecified atom stereocenters. The molecule has 0 bridgehead atoms. The zero-order valence-corrected chi connectivity index (χ0v) is 14.8. The zero-order chi connectivity index (χ0) is 19.4. The van der Waals surface area contributed by atoms with Gasteiger partial charge < -0.3 is 21.4 Å². The van der Waals surface area contributed by atoms with Crippen LogP contribution in [0, 0.1) is 11.6 Å². The topological polar surface area (TPSA) is 86.1 Å². The summed E-state index contributed by atoms with van der Waals surface area (Å²) in [7, 11) is 0. The number of hydrogen-bond acceptors (Lipinski definition) is 3. The fraction of sp³-hybridized carbons (Fsp3) is 0.250. The van der Waals surface area contributed by atoms with Gasteiger partial charge in [-0.15, -0.1) is 0 Å². The molecule has 0 fully saturated rings. The Hall–Kier alpha value is -2.77. The van der Waals surface area contributed by atoms with Crippen LogP contribution in [0.15, 0.2) is 48.7 Å². The Kier molecular flexibility index (Phi) is 5.83. The molecule has 1 atom stereocenters. The molecule has 3 rings (SSSR count). The first-order chi connectivity index (χ1) is 13.0. The maximum absolute atomic E-state index is 13.8. The molecule has 1 heterocycles. The summed E-state index contributed by atoms with van der Waals surface area (Å²) in [5.41, 5.74) is 13.2. The molecule has 2 aromatic carbocycles. The second-order valence-corrected chi connectivity index (χ2v) is 6.41. The van der Waals surface area contributed by atoms with Crippen molar-refractivity contribution < 1.29 is 13.6 Å². The van der Waals surface area contributed by atoms with E-state index in [9.17, 15) is 13.6 Å². The van der Waals surface area contributed by atoms with Crippen LogP contribution in [0.3, 0.4) is 0 Å². The van der Waals surface area contributed by atoms with Crippen LogP contribution in [0.25, 0.3) is 10.9 Å². The van der Waals surface area contributed by atoms with Gasteiger partial charge in [0.05, 0.1) is 6.04 Å². The lowest BCUT2D eigenvalue weighted by atomic mass is 10.1. The molecule has 5 N–H and O–H groups in total. The minimum atomic E-state index is -0.768. The third kappa shape index (κ3) is 4.32. The molecule has 5 nitrogen and oxygen atoms in total. The largest absolute Gasteiger partial charge is 0.350 e. The molecular formula is C20H22F2N4O. The van der Waals surface area contributed by atoms with Gasteiger partial charge in [0.2, 0.25) is 0 Å². The molecule has 0 aliphatic rings. The number of carbonyl (C=O) groups is 1. The summed E-state index contributed by atoms with van der Waals surface area (Å²) in [6, 6.07) is 9.81. The van der Waals surface area contributed by atoms with E-state index >= 15 is 0 Å². The monoisotopic (exact) mass is 372 g/mol. The van der Waals surface area contributed by atoms with E-state index in [4.69, 9.17) is 11.5 Å². The highest BCUT2D eigenvalue weighted by atomic mass is 19.1. The average Bonchev–Trinajstić information content (AvgIpc) is 3.06. The summed E-state index contributed by atoms with van der Waals surface area (Å²) < 4.78 is 28.9. The van der Waals surface area contributed by atoms with Crippen LogP contribution in [-0.2, 0) is 6.54 Å². The number of amides is 1. The molecule has 27 heavy (non-hydrogen) atoms. The van der Waals surface area contributed by atoms with Crippen molar-refractivity contribution in [3.8, 4) is 0 Å². The highest BCUT2D eigenvalue weighted by Gasteiger charge is 2.14. The molecule has 142 valence electrons. The van der Waals surface area contributed by atoms with Gasteiger partial charge in [-0.05, 0) is 43.3 Å². The Bertz CT molecular complexity index is 954. The van der Waals surface area contributed by atoms with Gasteiger partial charge in [-0.25, -0.2) is 8.78 Å². The molecule has 0 saturated carbocycles. The van der Waals surface area contributed by atoms with Gasteiger partial charge >= 0.3 is 0 Å². The number of aryl methyl sites for hydroxylation is 1. The van der Waals surface area contributed by atoms with E-state index in [1.807, 2.05) is 18.3 Å². The second kappa shape index (κ2) is 8.28. The van der Waals surface area contributed by atoms with E-state index < -0.39 is 17.7 Å². The molecule has 0 saturated heterocycles. The Balaban J connectivity index is 1.67. The van der Waals surface area contributed by atoms with Gasteiger partial charge in [-0.2, -0.15) is 0 Å². The van der Waals surface area contributed by atoms with Crippen LogP contribution in [0.5, 0.6) is 0 Å². The summed E-state index contributed by atoms with van der Waals surface area (Å²) in [6.07, 6.45) is 2.85. The lowest BCUT2D eigenvalue weighted by Crippen LogP contribution is -2.32. The van der Waals surface area contributed by atoms with Gasteiger partial charge in [0.15, 0.2) is 0 Å². The molecule has 0 aliphatic carbocycles. The van der Waals surface area contributed by atoms with Crippen LogP contribution in [0.4, 0.5) is 8.78 Å². The Labute approximate surface area is 156 Å². The number of nitrogens with two attached hydrogens (primary N) is 2. The maximum atomic E-state index is 13.8. The van der Waals surface area contributed by atoms with Gasteiger partial charge in [0.25, 0.3) is 5.91 Å². The van der Waals surface area contributed by atoms with Gasteiger partial charge in [-0.3, -0.25) is 4.79 Å². The number of hydrogen-bond donors (Lipinski definition) is 3. The van der Waals surface area contributed by atoms with Crippen molar-refractivity contribution >= 4 is 16.8 Å². The first kappa shape index (κ1) is 19.0. The van der Waals surface area contributed by atoms with Crippen LogP contribution in [-0.4, -0.2) is 23.6 Å². The van der Waals surface area contributed by atoms with Crippen LogP contribution in [0.2, 0.25) is 0 Å². The normalized spacial score (nSPS) is 12.3. The number of nitrogens with zero attached hydrogens (tertiary/aromatic N) is 1. The number of carbonyl (C=O) groups excluding carboxylic acids is 1. The maximum Gasteiger partial charge on any atom is 0.251 e. The van der Waals surface area contributed by atoms with Gasteiger partial charge in [-0.1, -0.05) is 6.07 Å². The third-order valence-corrected chi connectivity index (χ3v) is 4.48. The number of halogens is 2. The molecule has 3 aromatic rings. The number of aromatic nitrogens is 1. The van der Waals surface area contributed by atoms with Crippen molar-refractivity contribution in [3.05, 3.63) is 71.4 Å². The SMILES string of the molecule is NCCCn1ccc2cc(C(=O)NCC(N)c3ccc(F)cc3F)ccc21. The Morgan fingerprint density at radius 3 is 2.70 bits per heavy atom. The summed E-state index contributed by atoms with van der Waals surface area (Å²) in [5, 5.41) is 3.65. The van der Waals surface area contributed by atoms with E-state index in [0.29, 0.717) is 12.1 Å². The molecular weight excluding hydrogens is 350 g/mol. The van der Waals surface area contributed by atoms with Gasteiger partial charge in [0, 0.05) is 47.4 Å². The molecule has 0 spiro atoms. The minimum Gasteiger partial charge on any atom is -0.350 e. The molecule has 1 aromatic heterocycles. The predicted molar refractivity (Wildman–Crippen MR) is 101 cm³/mol. The molecule has 1 amide bonds. The van der Waals surface area contributed by atoms with Crippen molar-refractivity contribution in [1.29, 1.82) is 0 Å². The quantitative estimate of drug-likeness (QED) is 0.596. The van der Waals surface area contributed by atoms with Crippen molar-refractivity contribution in [2.24, 2.45) is 11.5 Å². The first-order valence-corrected chi connectivity index (χ1v) is 8.77. The molecule has 7 heteroatoms. The van der Waals surface area contributed by atoms with Gasteiger partial charge in [0.1, 0.15) is 11.6 Å². The number of nitrogens with one attached hydrogen (secondary N) is 1. The number of fused-ring (bicyclic) bond motifs is 1. The van der Waals surface area contributed by atoms with Crippen LogP contribution >= 0.6 is 0 Å². The lowest BCUT2D eigenvalue weighted by molar-refractivity contribution is 0.0951. The van der Waals surface area contributed by atoms with Crippen molar-refractivity contribution in [2.45, 2.75) is 19.0 Å². The van der Waals surface area contributed by atoms with E-state index in [1.54, 1.807) is 12.1 Å². The van der Waals surface area contributed by atoms with E-state index in [2.05, 4.69) is 9.88 Å². The van der Waals surface area contributed by atoms with E-state index in [1.165, 1.54) is 6.07 Å². The third-order valence-electron chi connectivity index (χ3n) is 4.48. The van der Waals surface area contributed by atoms with Crippen molar-refractivity contribution in [1.82, 2.24) is 9.88 Å². The Morgan fingerprint density at radius 2 is 1.96 bits per heavy atom. The number of rotatable bonds is 7. The summed E-state index contributed by atoms with van der Waals surface area (Å²) in [5.74, 6) is -1.69. The minimum absolute atomic E-state index is 0.0386. The highest BCUT2D eigenvalue weighted by molar-refractivity contribution is 5.98. The smallest absolute Gasteiger partial charge is 0.251 e. The summed E-state index contributed by atoms with van der Waals surface area (Å²) >= 11 is 0. The van der Waals surface area contributed by atoms with Crippen molar-refractivity contribution in [2.75, 3.05) is 13.1 Å². The van der Waals surface area contributed by atoms with E-state index in [-0.39, 0.29) is 18.0 Å². The number of benzene rings is 2. The summed E-state index contributed by atoms with van der Waals surface area (Å²) in [4.78, 5) is 12.4.